The molecule has 3 N–H and O–H groups in total. The summed E-state index contributed by atoms with van der Waals surface area (Å²) in [7, 11) is 0. The first-order valence-electron chi connectivity index (χ1n) is 5.76. The van der Waals surface area contributed by atoms with Crippen molar-refractivity contribution < 1.29 is 4.79 Å². The predicted octanol–water partition coefficient (Wildman–Crippen LogP) is 0.254. The zero-order valence-electron chi connectivity index (χ0n) is 9.72. The van der Waals surface area contributed by atoms with Crippen molar-refractivity contribution in [2.24, 2.45) is 5.73 Å². The van der Waals surface area contributed by atoms with Crippen LogP contribution >= 0.6 is 0 Å². The molecule has 1 amide bonds. The van der Waals surface area contributed by atoms with Crippen LogP contribution in [0.4, 0.5) is 5.69 Å². The largest absolute Gasteiger partial charge is 0.381 e. The Hall–Kier alpha value is -1.85. The van der Waals surface area contributed by atoms with E-state index in [2.05, 4.69) is 10.4 Å². The molecule has 2 rings (SSSR count). The molecule has 1 saturated carbocycles. The number of nitrogens with one attached hydrogen (secondary N) is 1. The first kappa shape index (κ1) is 11.6. The highest BCUT2D eigenvalue weighted by molar-refractivity contribution is 5.78. The van der Waals surface area contributed by atoms with E-state index in [-0.39, 0.29) is 5.56 Å². The fourth-order valence-corrected chi connectivity index (χ4v) is 1.69. The summed E-state index contributed by atoms with van der Waals surface area (Å²) in [5.74, 6) is -0.537. The highest BCUT2D eigenvalue weighted by atomic mass is 16.2. The number of anilines is 1. The van der Waals surface area contributed by atoms with Crippen LogP contribution in [0.15, 0.2) is 17.1 Å². The lowest BCUT2D eigenvalue weighted by molar-refractivity contribution is -0.121. The summed E-state index contributed by atoms with van der Waals surface area (Å²) in [5.41, 5.74) is 5.62. The second kappa shape index (κ2) is 4.57. The molecule has 1 unspecified atom stereocenters. The average Bonchev–Trinajstić information content (AvgIpc) is 3.05. The summed E-state index contributed by atoms with van der Waals surface area (Å²) in [5, 5.41) is 7.17. The maximum absolute atomic E-state index is 11.8. The predicted molar refractivity (Wildman–Crippen MR) is 63.7 cm³/mol. The van der Waals surface area contributed by atoms with Crippen molar-refractivity contribution in [1.29, 1.82) is 0 Å². The van der Waals surface area contributed by atoms with E-state index in [1.807, 2.05) is 0 Å². The fraction of sp³-hybridized carbons (Fsp3) is 0.545. The van der Waals surface area contributed by atoms with Gasteiger partial charge in [0, 0.05) is 12.1 Å². The van der Waals surface area contributed by atoms with Gasteiger partial charge in [-0.3, -0.25) is 9.59 Å². The zero-order valence-corrected chi connectivity index (χ0v) is 9.72. The minimum Gasteiger partial charge on any atom is -0.381 e. The topological polar surface area (TPSA) is 90.0 Å². The molecule has 0 spiro atoms. The van der Waals surface area contributed by atoms with Crippen LogP contribution in [0.2, 0.25) is 0 Å². The molecule has 1 aliphatic rings. The zero-order chi connectivity index (χ0) is 12.4. The van der Waals surface area contributed by atoms with Crippen molar-refractivity contribution in [3.8, 4) is 0 Å². The van der Waals surface area contributed by atoms with E-state index >= 15 is 0 Å². The van der Waals surface area contributed by atoms with Crippen LogP contribution in [0.25, 0.3) is 0 Å². The van der Waals surface area contributed by atoms with Gasteiger partial charge in [0.2, 0.25) is 5.91 Å². The Balaban J connectivity index is 2.23. The number of hydrogen-bond donors (Lipinski definition) is 2. The maximum atomic E-state index is 11.8. The lowest BCUT2D eigenvalue weighted by Crippen LogP contribution is -2.35. The number of nitrogens with zero attached hydrogens (tertiary/aromatic N) is 2. The molecule has 0 aliphatic heterocycles. The fourth-order valence-electron chi connectivity index (χ4n) is 1.69. The minimum atomic E-state index is -0.669. The Morgan fingerprint density at radius 3 is 2.88 bits per heavy atom. The van der Waals surface area contributed by atoms with Gasteiger partial charge in [-0.15, -0.1) is 0 Å². The number of aromatic nitrogens is 2. The number of rotatable bonds is 5. The number of carbonyl (C=O) groups excluding carboxylic acids is 1. The number of primary amides is 1. The molecule has 1 atom stereocenters. The molecule has 17 heavy (non-hydrogen) atoms. The molecule has 0 saturated heterocycles. The molecular formula is C11H16N4O2. The molecule has 0 radical (unpaired) electrons. The molecule has 0 aromatic carbocycles. The van der Waals surface area contributed by atoms with E-state index in [0.29, 0.717) is 18.2 Å². The van der Waals surface area contributed by atoms with Crippen molar-refractivity contribution in [2.75, 3.05) is 5.32 Å². The quantitative estimate of drug-likeness (QED) is 0.767. The molecule has 6 heteroatoms. The molecule has 1 aromatic heterocycles. The highest BCUT2D eigenvalue weighted by Gasteiger charge is 2.22. The van der Waals surface area contributed by atoms with Crippen LogP contribution < -0.4 is 16.6 Å². The van der Waals surface area contributed by atoms with E-state index < -0.39 is 11.9 Å². The van der Waals surface area contributed by atoms with Crippen LogP contribution in [0, 0.1) is 0 Å². The Labute approximate surface area is 98.8 Å². The third kappa shape index (κ3) is 2.64. The van der Waals surface area contributed by atoms with Crippen LogP contribution in [-0.4, -0.2) is 21.7 Å². The summed E-state index contributed by atoms with van der Waals surface area (Å²) in [6.45, 7) is 1.79. The van der Waals surface area contributed by atoms with Gasteiger partial charge < -0.3 is 11.1 Å². The Kier molecular flexibility index (Phi) is 3.12. The summed E-state index contributed by atoms with van der Waals surface area (Å²) in [4.78, 5) is 23.0. The lowest BCUT2D eigenvalue weighted by atomic mass is 10.2. The molecule has 1 aliphatic carbocycles. The van der Waals surface area contributed by atoms with Gasteiger partial charge in [0.15, 0.2) is 0 Å². The SMILES string of the molecule is CCC(C(N)=O)n1ncc(NC2CC2)cc1=O. The Bertz CT molecular complexity index is 479. The Morgan fingerprint density at radius 2 is 2.41 bits per heavy atom. The second-order valence-corrected chi connectivity index (χ2v) is 4.27. The van der Waals surface area contributed by atoms with E-state index in [9.17, 15) is 9.59 Å². The van der Waals surface area contributed by atoms with Gasteiger partial charge in [0.1, 0.15) is 6.04 Å². The van der Waals surface area contributed by atoms with Crippen molar-refractivity contribution in [2.45, 2.75) is 38.3 Å². The van der Waals surface area contributed by atoms with E-state index in [1.165, 1.54) is 6.07 Å². The van der Waals surface area contributed by atoms with Gasteiger partial charge in [-0.05, 0) is 19.3 Å². The number of amides is 1. The van der Waals surface area contributed by atoms with E-state index in [0.717, 1.165) is 17.5 Å². The summed E-state index contributed by atoms with van der Waals surface area (Å²) in [6, 6.07) is 1.25. The van der Waals surface area contributed by atoms with E-state index in [4.69, 9.17) is 5.73 Å². The smallest absolute Gasteiger partial charge is 0.269 e. The number of nitrogens with two attached hydrogens (primary N) is 1. The van der Waals surface area contributed by atoms with Crippen LogP contribution in [0.1, 0.15) is 32.2 Å². The molecular weight excluding hydrogens is 220 g/mol. The average molecular weight is 236 g/mol. The second-order valence-electron chi connectivity index (χ2n) is 4.27. The van der Waals surface area contributed by atoms with Crippen molar-refractivity contribution in [3.05, 3.63) is 22.6 Å². The van der Waals surface area contributed by atoms with Gasteiger partial charge in [-0.1, -0.05) is 6.92 Å². The molecule has 6 nitrogen and oxygen atoms in total. The summed E-state index contributed by atoms with van der Waals surface area (Å²) < 4.78 is 1.14. The standard InChI is InChI=1S/C11H16N4O2/c1-2-9(11(12)17)15-10(16)5-8(6-13-15)14-7-3-4-7/h5-7,9,14H,2-4H2,1H3,(H2,12,17). The van der Waals surface area contributed by atoms with Gasteiger partial charge in [-0.25, -0.2) is 4.68 Å². The first-order chi connectivity index (χ1) is 8.11. The van der Waals surface area contributed by atoms with Gasteiger partial charge in [0.05, 0.1) is 11.9 Å². The van der Waals surface area contributed by atoms with Crippen molar-refractivity contribution >= 4 is 11.6 Å². The number of carbonyl (C=O) groups is 1. The molecule has 1 aromatic rings. The molecule has 0 bridgehead atoms. The highest BCUT2D eigenvalue weighted by Crippen LogP contribution is 2.23. The van der Waals surface area contributed by atoms with Crippen molar-refractivity contribution in [3.63, 3.8) is 0 Å². The number of hydrogen-bond acceptors (Lipinski definition) is 4. The minimum absolute atomic E-state index is 0.304. The molecule has 92 valence electrons. The van der Waals surface area contributed by atoms with Gasteiger partial charge >= 0.3 is 0 Å². The van der Waals surface area contributed by atoms with Gasteiger partial charge in [0.25, 0.3) is 5.56 Å². The third-order valence-electron chi connectivity index (χ3n) is 2.78. The van der Waals surface area contributed by atoms with Gasteiger partial charge in [-0.2, -0.15) is 5.10 Å². The monoisotopic (exact) mass is 236 g/mol. The maximum Gasteiger partial charge on any atom is 0.269 e. The molecule has 1 fully saturated rings. The first-order valence-corrected chi connectivity index (χ1v) is 5.76. The Morgan fingerprint density at radius 1 is 1.71 bits per heavy atom. The van der Waals surface area contributed by atoms with Crippen LogP contribution in [0.5, 0.6) is 0 Å². The molecule has 1 heterocycles. The lowest BCUT2D eigenvalue weighted by Gasteiger charge is -2.13. The van der Waals surface area contributed by atoms with Crippen LogP contribution in [-0.2, 0) is 4.79 Å². The normalized spacial score (nSPS) is 16.5. The van der Waals surface area contributed by atoms with E-state index in [1.54, 1.807) is 13.1 Å². The van der Waals surface area contributed by atoms with Crippen LogP contribution in [0.3, 0.4) is 0 Å². The third-order valence-corrected chi connectivity index (χ3v) is 2.78. The van der Waals surface area contributed by atoms with Crippen molar-refractivity contribution in [1.82, 2.24) is 9.78 Å². The summed E-state index contributed by atoms with van der Waals surface area (Å²) >= 11 is 0. The summed E-state index contributed by atoms with van der Waals surface area (Å²) in [6.07, 6.45) is 4.27.